The van der Waals surface area contributed by atoms with E-state index in [0.717, 1.165) is 109 Å². The van der Waals surface area contributed by atoms with Gasteiger partial charge in [-0.1, -0.05) is 197 Å². The molecule has 59 heavy (non-hydrogen) atoms. The quantitative estimate of drug-likeness (QED) is 0.0200. The average molecular weight is 825 g/mol. The van der Waals surface area contributed by atoms with E-state index in [-0.39, 0.29) is 31.1 Å². The molecule has 0 radical (unpaired) electrons. The number of esters is 3. The van der Waals surface area contributed by atoms with Crippen LogP contribution in [0, 0.1) is 0 Å². The van der Waals surface area contributed by atoms with Crippen molar-refractivity contribution in [3.63, 3.8) is 0 Å². The highest BCUT2D eigenvalue weighted by molar-refractivity contribution is 5.71. The zero-order valence-electron chi connectivity index (χ0n) is 38.8. The summed E-state index contributed by atoms with van der Waals surface area (Å²) in [5.74, 6) is -0.933. The predicted octanol–water partition coefficient (Wildman–Crippen LogP) is 16.1. The van der Waals surface area contributed by atoms with Crippen LogP contribution >= 0.6 is 0 Å². The zero-order valence-corrected chi connectivity index (χ0v) is 38.8. The summed E-state index contributed by atoms with van der Waals surface area (Å²) in [5.41, 5.74) is 0. The molecular weight excluding hydrogens is 733 g/mol. The van der Waals surface area contributed by atoms with Crippen LogP contribution in [0.3, 0.4) is 0 Å². The van der Waals surface area contributed by atoms with Gasteiger partial charge in [-0.05, 0) is 83.5 Å². The number of hydrogen-bond donors (Lipinski definition) is 0. The molecule has 0 aromatic carbocycles. The normalized spacial score (nSPS) is 12.5. The van der Waals surface area contributed by atoms with E-state index < -0.39 is 6.10 Å². The summed E-state index contributed by atoms with van der Waals surface area (Å²) in [6.45, 7) is 6.43. The summed E-state index contributed by atoms with van der Waals surface area (Å²) in [5, 5.41) is 0. The van der Waals surface area contributed by atoms with Crippen molar-refractivity contribution in [1.29, 1.82) is 0 Å². The van der Waals surface area contributed by atoms with E-state index in [1.54, 1.807) is 0 Å². The van der Waals surface area contributed by atoms with Crippen molar-refractivity contribution in [2.24, 2.45) is 0 Å². The maximum absolute atomic E-state index is 12.7. The smallest absolute Gasteiger partial charge is 0.306 e. The van der Waals surface area contributed by atoms with Crippen LogP contribution in [0.4, 0.5) is 0 Å². The highest BCUT2D eigenvalue weighted by Crippen LogP contribution is 2.14. The van der Waals surface area contributed by atoms with E-state index in [9.17, 15) is 14.4 Å². The molecule has 0 bridgehead atoms. The number of unbranched alkanes of at least 4 members (excludes halogenated alkanes) is 25. The Morgan fingerprint density at radius 1 is 0.356 bits per heavy atom. The Balaban J connectivity index is 4.36. The molecule has 0 amide bonds. The first-order valence-electron chi connectivity index (χ1n) is 24.8. The average Bonchev–Trinajstić information content (AvgIpc) is 3.23. The Kier molecular flexibility index (Phi) is 45.4. The first-order valence-corrected chi connectivity index (χ1v) is 24.8. The van der Waals surface area contributed by atoms with Crippen LogP contribution in [0.25, 0.3) is 0 Å². The van der Waals surface area contributed by atoms with Gasteiger partial charge in [-0.3, -0.25) is 14.4 Å². The molecule has 0 rings (SSSR count). The van der Waals surface area contributed by atoms with Crippen LogP contribution < -0.4 is 0 Å². The van der Waals surface area contributed by atoms with E-state index in [1.807, 2.05) is 0 Å². The second kappa shape index (κ2) is 47.8. The van der Waals surface area contributed by atoms with Crippen molar-refractivity contribution in [2.75, 3.05) is 13.2 Å². The summed E-state index contributed by atoms with van der Waals surface area (Å²) in [6.07, 6.45) is 57.8. The van der Waals surface area contributed by atoms with Gasteiger partial charge in [-0.15, -0.1) is 0 Å². The number of rotatable bonds is 44. The Hall–Kier alpha value is -2.89. The fourth-order valence-electron chi connectivity index (χ4n) is 6.77. The van der Waals surface area contributed by atoms with E-state index >= 15 is 0 Å². The molecule has 0 N–H and O–H groups in total. The topological polar surface area (TPSA) is 78.9 Å². The number of allylic oxidation sites excluding steroid dienone is 10. The lowest BCUT2D eigenvalue weighted by molar-refractivity contribution is -0.167. The molecule has 0 aliphatic heterocycles. The van der Waals surface area contributed by atoms with Crippen LogP contribution in [0.5, 0.6) is 0 Å². The summed E-state index contributed by atoms with van der Waals surface area (Å²) in [7, 11) is 0. The van der Waals surface area contributed by atoms with Gasteiger partial charge in [0.1, 0.15) is 13.2 Å². The van der Waals surface area contributed by atoms with Crippen LogP contribution in [0.15, 0.2) is 60.8 Å². The molecule has 0 saturated carbocycles. The molecule has 0 fully saturated rings. The summed E-state index contributed by atoms with van der Waals surface area (Å²) >= 11 is 0. The highest BCUT2D eigenvalue weighted by Gasteiger charge is 2.19. The van der Waals surface area contributed by atoms with Gasteiger partial charge in [-0.25, -0.2) is 0 Å². The van der Waals surface area contributed by atoms with Gasteiger partial charge in [0.05, 0.1) is 0 Å². The SMILES string of the molecule is CC\C=C/C=C\C=C/CCCCCCCC(=O)OC(COC(=O)CCCCCC/C=C\CCCC)COC(=O)CCCCCCC/C=C\CCCCCCCCCCC. The molecule has 0 heterocycles. The molecule has 1 atom stereocenters. The lowest BCUT2D eigenvalue weighted by Crippen LogP contribution is -2.30. The third-order valence-corrected chi connectivity index (χ3v) is 10.5. The largest absolute Gasteiger partial charge is 0.462 e. The second-order valence-electron chi connectivity index (χ2n) is 16.4. The standard InChI is InChI=1S/C53H92O6/c1-4-7-10-13-16-19-22-24-25-26-27-28-30-31-34-37-40-43-46-52(55)58-49-50(48-57-51(54)45-42-39-36-33-21-18-15-12-9-6-3)59-53(56)47-44-41-38-35-32-29-23-20-17-14-11-8-5-2/h8,11,14-15,17-18,20,23,27-28,50H,4-7,9-10,12-13,16,19,21-22,24-26,29-49H2,1-3H3/b11-8-,17-14-,18-15-,23-20-,28-27-. The van der Waals surface area contributed by atoms with Crippen molar-refractivity contribution in [3.8, 4) is 0 Å². The molecule has 340 valence electrons. The van der Waals surface area contributed by atoms with Crippen LogP contribution in [-0.2, 0) is 28.6 Å². The third kappa shape index (κ3) is 46.0. The lowest BCUT2D eigenvalue weighted by atomic mass is 10.1. The molecule has 0 aliphatic rings. The predicted molar refractivity (Wildman–Crippen MR) is 251 cm³/mol. The summed E-state index contributed by atoms with van der Waals surface area (Å²) < 4.78 is 16.7. The van der Waals surface area contributed by atoms with Gasteiger partial charge in [-0.2, -0.15) is 0 Å². The van der Waals surface area contributed by atoms with Gasteiger partial charge < -0.3 is 14.2 Å². The molecular formula is C53H92O6. The fraction of sp³-hybridized carbons (Fsp3) is 0.755. The maximum Gasteiger partial charge on any atom is 0.306 e. The lowest BCUT2D eigenvalue weighted by Gasteiger charge is -2.18. The Labute approximate surface area is 364 Å². The molecule has 6 nitrogen and oxygen atoms in total. The molecule has 6 heteroatoms. The van der Waals surface area contributed by atoms with Crippen molar-refractivity contribution >= 4 is 17.9 Å². The molecule has 0 aliphatic carbocycles. The van der Waals surface area contributed by atoms with Crippen molar-refractivity contribution in [2.45, 2.75) is 245 Å². The number of carbonyl (C=O) groups is 3. The van der Waals surface area contributed by atoms with Crippen molar-refractivity contribution in [3.05, 3.63) is 60.8 Å². The number of hydrogen-bond acceptors (Lipinski definition) is 6. The Bertz CT molecular complexity index is 1090. The highest BCUT2D eigenvalue weighted by atomic mass is 16.6. The second-order valence-corrected chi connectivity index (χ2v) is 16.4. The number of carbonyl (C=O) groups excluding carboxylic acids is 3. The summed E-state index contributed by atoms with van der Waals surface area (Å²) in [4.78, 5) is 37.8. The zero-order chi connectivity index (χ0) is 43.0. The van der Waals surface area contributed by atoms with Gasteiger partial charge in [0.25, 0.3) is 0 Å². The minimum absolute atomic E-state index is 0.0907. The first kappa shape index (κ1) is 56.1. The Morgan fingerprint density at radius 2 is 0.695 bits per heavy atom. The van der Waals surface area contributed by atoms with E-state index in [4.69, 9.17) is 14.2 Å². The van der Waals surface area contributed by atoms with E-state index in [1.165, 1.54) is 89.9 Å². The molecule has 0 aromatic heterocycles. The maximum atomic E-state index is 12.7. The van der Waals surface area contributed by atoms with Gasteiger partial charge >= 0.3 is 17.9 Å². The van der Waals surface area contributed by atoms with Gasteiger partial charge in [0, 0.05) is 19.3 Å². The minimum Gasteiger partial charge on any atom is -0.462 e. The number of ether oxygens (including phenoxy) is 3. The molecule has 0 spiro atoms. The molecule has 1 unspecified atom stereocenters. The first-order chi connectivity index (χ1) is 29.0. The molecule has 0 aromatic rings. The van der Waals surface area contributed by atoms with Gasteiger partial charge in [0.15, 0.2) is 6.10 Å². The van der Waals surface area contributed by atoms with Crippen LogP contribution in [0.2, 0.25) is 0 Å². The summed E-state index contributed by atoms with van der Waals surface area (Å²) in [6, 6.07) is 0. The van der Waals surface area contributed by atoms with E-state index in [2.05, 4.69) is 81.5 Å². The monoisotopic (exact) mass is 825 g/mol. The van der Waals surface area contributed by atoms with Crippen molar-refractivity contribution < 1.29 is 28.6 Å². The fourth-order valence-corrected chi connectivity index (χ4v) is 6.77. The Morgan fingerprint density at radius 3 is 1.12 bits per heavy atom. The third-order valence-electron chi connectivity index (χ3n) is 10.5. The van der Waals surface area contributed by atoms with Crippen LogP contribution in [-0.4, -0.2) is 37.2 Å². The minimum atomic E-state index is -0.790. The van der Waals surface area contributed by atoms with Crippen molar-refractivity contribution in [1.82, 2.24) is 0 Å². The van der Waals surface area contributed by atoms with Gasteiger partial charge in [0.2, 0.25) is 0 Å². The van der Waals surface area contributed by atoms with E-state index in [0.29, 0.717) is 19.3 Å². The molecule has 0 saturated heterocycles. The van der Waals surface area contributed by atoms with Crippen LogP contribution in [0.1, 0.15) is 239 Å².